The number of hydrazine groups is 1. The van der Waals surface area contributed by atoms with Gasteiger partial charge in [0.1, 0.15) is 11.9 Å². The molecule has 0 radical (unpaired) electrons. The number of benzene rings is 1. The van der Waals surface area contributed by atoms with Crippen LogP contribution in [0.5, 0.6) is 0 Å². The quantitative estimate of drug-likeness (QED) is 0.588. The lowest BCUT2D eigenvalue weighted by Crippen LogP contribution is -2.45. The van der Waals surface area contributed by atoms with Crippen LogP contribution in [0.3, 0.4) is 0 Å². The summed E-state index contributed by atoms with van der Waals surface area (Å²) in [6.45, 7) is 1.42. The highest BCUT2D eigenvalue weighted by atomic mass is 35.5. The van der Waals surface area contributed by atoms with Crippen molar-refractivity contribution in [1.29, 1.82) is 0 Å². The van der Waals surface area contributed by atoms with E-state index >= 15 is 0 Å². The molecule has 7 nitrogen and oxygen atoms in total. The van der Waals surface area contributed by atoms with E-state index in [2.05, 4.69) is 5.43 Å². The lowest BCUT2D eigenvalue weighted by molar-refractivity contribution is 0.0741. The average molecular weight is 551 g/mol. The number of amides is 1. The Labute approximate surface area is 219 Å². The van der Waals surface area contributed by atoms with Crippen molar-refractivity contribution in [3.8, 4) is 5.69 Å². The topological polar surface area (TPSA) is 84.3 Å². The number of rotatable bonds is 4. The lowest BCUT2D eigenvalue weighted by atomic mass is 10.0. The minimum Gasteiger partial charge on any atom is -0.283 e. The number of piperidine rings is 1. The molecule has 1 unspecified atom stereocenters. The molecule has 1 aromatic carbocycles. The van der Waals surface area contributed by atoms with E-state index in [0.29, 0.717) is 46.2 Å². The molecule has 2 aromatic rings. The Kier molecular flexibility index (Phi) is 7.09. The molecule has 0 saturated carbocycles. The van der Waals surface area contributed by atoms with Crippen molar-refractivity contribution >= 4 is 44.5 Å². The number of nitrogens with one attached hydrogen (secondary N) is 1. The summed E-state index contributed by atoms with van der Waals surface area (Å²) in [5.41, 5.74) is 5.32. The van der Waals surface area contributed by atoms with Gasteiger partial charge in [0.05, 0.1) is 27.9 Å². The predicted octanol–water partition coefficient (Wildman–Crippen LogP) is 4.85. The molecule has 5 rings (SSSR count). The zero-order valence-electron chi connectivity index (χ0n) is 19.4. The van der Waals surface area contributed by atoms with Gasteiger partial charge in [0.15, 0.2) is 9.84 Å². The molecule has 1 amide bonds. The first-order valence-electron chi connectivity index (χ1n) is 11.8. The molecule has 1 aromatic heterocycles. The molecule has 2 aliphatic heterocycles. The van der Waals surface area contributed by atoms with E-state index in [1.165, 1.54) is 10.8 Å². The van der Waals surface area contributed by atoms with Gasteiger partial charge in [0.25, 0.3) is 5.91 Å². The van der Waals surface area contributed by atoms with E-state index < -0.39 is 21.9 Å². The van der Waals surface area contributed by atoms with Gasteiger partial charge in [-0.2, -0.15) is 5.10 Å². The summed E-state index contributed by atoms with van der Waals surface area (Å²) in [6, 6.07) is 4.82. The minimum atomic E-state index is -3.58. The van der Waals surface area contributed by atoms with Crippen LogP contribution in [0, 0.1) is 0 Å². The van der Waals surface area contributed by atoms with E-state index in [9.17, 15) is 17.6 Å². The van der Waals surface area contributed by atoms with Crippen molar-refractivity contribution in [3.63, 3.8) is 0 Å². The second-order valence-electron chi connectivity index (χ2n) is 9.19. The Hall–Kier alpha value is -2.46. The third kappa shape index (κ3) is 5.29. The van der Waals surface area contributed by atoms with Gasteiger partial charge in [-0.15, -0.1) is 0 Å². The van der Waals surface area contributed by atoms with E-state index in [1.54, 1.807) is 36.4 Å². The number of halogens is 3. The van der Waals surface area contributed by atoms with Gasteiger partial charge in [-0.05, 0) is 54.3 Å². The molecule has 1 atom stereocenters. The van der Waals surface area contributed by atoms with Crippen molar-refractivity contribution in [2.75, 3.05) is 18.8 Å². The Balaban J connectivity index is 1.65. The number of alkyl halides is 1. The SMILES string of the molecule is O=C(NN1CCCCC1)c1c2c(nn1-c1ccc(Cl)cc1Cl)C(=CC1=CCC(F)C=C1)CS(=O)(=O)C2. The lowest BCUT2D eigenvalue weighted by Gasteiger charge is -2.27. The number of aromatic nitrogens is 2. The Morgan fingerprint density at radius 3 is 2.64 bits per heavy atom. The molecular formula is C25H25Cl2FN4O3S. The number of carbonyl (C=O) groups excluding carboxylic acids is 1. The highest BCUT2D eigenvalue weighted by Crippen LogP contribution is 2.35. The molecule has 1 saturated heterocycles. The predicted molar refractivity (Wildman–Crippen MR) is 139 cm³/mol. The second kappa shape index (κ2) is 10.1. The summed E-state index contributed by atoms with van der Waals surface area (Å²) in [7, 11) is -3.58. The second-order valence-corrected chi connectivity index (χ2v) is 12.1. The number of sulfone groups is 1. The Morgan fingerprint density at radius 2 is 1.94 bits per heavy atom. The Morgan fingerprint density at radius 1 is 1.17 bits per heavy atom. The van der Waals surface area contributed by atoms with Crippen LogP contribution in [0.2, 0.25) is 10.0 Å². The van der Waals surface area contributed by atoms with Crippen molar-refractivity contribution < 1.29 is 17.6 Å². The summed E-state index contributed by atoms with van der Waals surface area (Å²) in [6.07, 6.45) is 8.66. The van der Waals surface area contributed by atoms with Gasteiger partial charge in [-0.3, -0.25) is 10.2 Å². The van der Waals surface area contributed by atoms with Gasteiger partial charge in [-0.25, -0.2) is 22.5 Å². The highest BCUT2D eigenvalue weighted by molar-refractivity contribution is 7.91. The summed E-state index contributed by atoms with van der Waals surface area (Å²) in [4.78, 5) is 13.6. The number of nitrogens with zero attached hydrogens (tertiary/aromatic N) is 3. The fourth-order valence-corrected chi connectivity index (χ4v) is 6.71. The average Bonchev–Trinajstić information content (AvgIpc) is 3.19. The fourth-order valence-electron chi connectivity index (χ4n) is 4.71. The zero-order valence-corrected chi connectivity index (χ0v) is 21.7. The fraction of sp³-hybridized carbons (Fsp3) is 0.360. The van der Waals surface area contributed by atoms with Gasteiger partial charge < -0.3 is 0 Å². The van der Waals surface area contributed by atoms with Crippen molar-refractivity contribution in [2.45, 2.75) is 37.6 Å². The van der Waals surface area contributed by atoms with E-state index in [-0.39, 0.29) is 28.6 Å². The molecule has 36 heavy (non-hydrogen) atoms. The van der Waals surface area contributed by atoms with Crippen LogP contribution in [-0.4, -0.2) is 54.1 Å². The molecular weight excluding hydrogens is 526 g/mol. The molecule has 3 aliphatic rings. The zero-order chi connectivity index (χ0) is 25.4. The van der Waals surface area contributed by atoms with Crippen LogP contribution in [0.4, 0.5) is 4.39 Å². The Bertz CT molecular complexity index is 1410. The monoisotopic (exact) mass is 550 g/mol. The number of hydrogen-bond donors (Lipinski definition) is 1. The molecule has 1 fully saturated rings. The largest absolute Gasteiger partial charge is 0.284 e. The smallest absolute Gasteiger partial charge is 0.283 e. The summed E-state index contributed by atoms with van der Waals surface area (Å²) in [5, 5.41) is 7.24. The van der Waals surface area contributed by atoms with Gasteiger partial charge in [0, 0.05) is 30.1 Å². The molecule has 11 heteroatoms. The van der Waals surface area contributed by atoms with Crippen molar-refractivity contribution in [1.82, 2.24) is 20.2 Å². The maximum atomic E-state index is 13.6. The minimum absolute atomic E-state index is 0.117. The van der Waals surface area contributed by atoms with Crippen LogP contribution >= 0.6 is 23.2 Å². The first kappa shape index (κ1) is 25.2. The molecule has 0 spiro atoms. The number of carbonyl (C=O) groups is 1. The highest BCUT2D eigenvalue weighted by Gasteiger charge is 2.35. The summed E-state index contributed by atoms with van der Waals surface area (Å²) in [5.74, 6) is -1.01. The first-order chi connectivity index (χ1) is 17.2. The molecule has 3 heterocycles. The molecule has 0 bridgehead atoms. The van der Waals surface area contributed by atoms with Crippen molar-refractivity contribution in [2.24, 2.45) is 0 Å². The molecule has 1 N–H and O–H groups in total. The van der Waals surface area contributed by atoms with E-state index in [1.807, 2.05) is 5.01 Å². The number of allylic oxidation sites excluding steroid dienone is 5. The third-order valence-electron chi connectivity index (χ3n) is 6.41. The maximum Gasteiger partial charge on any atom is 0.284 e. The van der Waals surface area contributed by atoms with Crippen molar-refractivity contribution in [3.05, 3.63) is 75.1 Å². The number of fused-ring (bicyclic) bond motifs is 1. The first-order valence-corrected chi connectivity index (χ1v) is 14.3. The van der Waals surface area contributed by atoms with Crippen LogP contribution in [0.25, 0.3) is 11.3 Å². The van der Waals surface area contributed by atoms with E-state index in [4.69, 9.17) is 28.3 Å². The van der Waals surface area contributed by atoms with Crippen LogP contribution in [0.15, 0.2) is 48.1 Å². The van der Waals surface area contributed by atoms with E-state index in [0.717, 1.165) is 19.3 Å². The number of hydrogen-bond acceptors (Lipinski definition) is 5. The third-order valence-corrected chi connectivity index (χ3v) is 8.43. The maximum absolute atomic E-state index is 13.6. The molecule has 1 aliphatic carbocycles. The summed E-state index contributed by atoms with van der Waals surface area (Å²) >= 11 is 12.6. The van der Waals surface area contributed by atoms with Gasteiger partial charge in [0.2, 0.25) is 0 Å². The van der Waals surface area contributed by atoms with Gasteiger partial charge in [-0.1, -0.05) is 41.8 Å². The van der Waals surface area contributed by atoms with Crippen LogP contribution in [-0.2, 0) is 15.6 Å². The van der Waals surface area contributed by atoms with Crippen LogP contribution in [0.1, 0.15) is 47.4 Å². The van der Waals surface area contributed by atoms with Gasteiger partial charge >= 0.3 is 0 Å². The van der Waals surface area contributed by atoms with Crippen LogP contribution < -0.4 is 5.43 Å². The normalized spacial score (nSPS) is 22.8. The summed E-state index contributed by atoms with van der Waals surface area (Å²) < 4.78 is 40.9. The standard InChI is InChI=1S/C25H25Cl2FN4O3S/c26-18-6-9-22(21(27)13-18)32-24(25(33)30-31-10-2-1-3-11-31)20-15-36(34,35)14-17(23(20)29-32)12-16-4-7-19(28)8-5-16/h4-7,9,12-13,19H,1-3,8,10-11,14-15H2,(H,30,33). The molecule has 190 valence electrons.